The van der Waals surface area contributed by atoms with E-state index < -0.39 is 0 Å². The van der Waals surface area contributed by atoms with Gasteiger partial charge in [0.05, 0.1) is 10.7 Å². The first-order valence-corrected chi connectivity index (χ1v) is 21.9. The molecule has 0 N–H and O–H groups in total. The highest BCUT2D eigenvalue weighted by Gasteiger charge is 2.49. The lowest BCUT2D eigenvalue weighted by Crippen LogP contribution is -2.63. The molecule has 1 nitrogen and oxygen atoms in total. The van der Waals surface area contributed by atoms with Crippen LogP contribution in [0.25, 0.3) is 85.8 Å². The Morgan fingerprint density at radius 1 is 0.333 bits per heavy atom. The van der Waals surface area contributed by atoms with Gasteiger partial charge in [0.25, 0.3) is 0 Å². The van der Waals surface area contributed by atoms with Crippen molar-refractivity contribution in [3.05, 3.63) is 188 Å². The summed E-state index contributed by atoms with van der Waals surface area (Å²) in [5, 5.41) is 18.6. The molecule has 4 heteroatoms. The normalized spacial score (nSPS) is 13.6. The second-order valence-electron chi connectivity index (χ2n) is 17.0. The molecule has 1 aromatic heterocycles. The second kappa shape index (κ2) is 11.3. The van der Waals surface area contributed by atoms with Crippen molar-refractivity contribution in [3.8, 4) is 11.1 Å². The first-order chi connectivity index (χ1) is 29.8. The van der Waals surface area contributed by atoms with Crippen LogP contribution in [0.15, 0.2) is 188 Å². The zero-order valence-corrected chi connectivity index (χ0v) is 33.2. The van der Waals surface area contributed by atoms with Crippen molar-refractivity contribution in [2.24, 2.45) is 0 Å². The maximum Gasteiger partial charge on any atom is 0.249 e. The van der Waals surface area contributed by atoms with E-state index >= 15 is 0 Å². The number of nitrogens with zero attached hydrogens (tertiary/aromatic N) is 1. The van der Waals surface area contributed by atoms with Crippen LogP contribution in [0.2, 0.25) is 0 Å². The number of hydrogen-bond donors (Lipinski definition) is 0. The molecule has 0 amide bonds. The van der Waals surface area contributed by atoms with Gasteiger partial charge >= 0.3 is 0 Å². The van der Waals surface area contributed by atoms with Gasteiger partial charge in [-0.2, -0.15) is 0 Å². The smallest absolute Gasteiger partial charge is 0.249 e. The maximum absolute atomic E-state index is 2.75. The molecule has 11 aromatic carbocycles. The molecule has 12 aromatic rings. The van der Waals surface area contributed by atoms with Crippen LogP contribution in [0.3, 0.4) is 0 Å². The first-order valence-electron chi connectivity index (χ1n) is 21.1. The highest BCUT2D eigenvalue weighted by atomic mass is 32.1. The zero-order chi connectivity index (χ0) is 38.8. The summed E-state index contributed by atoms with van der Waals surface area (Å²) in [6.07, 6.45) is 0. The molecule has 60 heavy (non-hydrogen) atoms. The molecular weight excluding hydrogens is 740 g/mol. The highest BCUT2D eigenvalue weighted by Crippen LogP contribution is 2.52. The van der Waals surface area contributed by atoms with E-state index in [1.807, 2.05) is 11.3 Å². The van der Waals surface area contributed by atoms with Crippen LogP contribution in [0.4, 0.5) is 16.4 Å². The van der Waals surface area contributed by atoms with Crippen molar-refractivity contribution in [2.45, 2.75) is 0 Å². The zero-order valence-electron chi connectivity index (χ0n) is 32.4. The minimum absolute atomic E-state index is 0.0476. The van der Waals surface area contributed by atoms with Gasteiger partial charge in [-0.25, -0.2) is 0 Å². The fourth-order valence-corrected chi connectivity index (χ4v) is 13.3. The van der Waals surface area contributed by atoms with Crippen molar-refractivity contribution in [1.29, 1.82) is 0 Å². The summed E-state index contributed by atoms with van der Waals surface area (Å²) in [6.45, 7) is 0.140. The Morgan fingerprint density at radius 2 is 0.850 bits per heavy atom. The summed E-state index contributed by atoms with van der Waals surface area (Å²) >= 11 is 1.96. The monoisotopic (exact) mass is 771 g/mol. The lowest BCUT2D eigenvalue weighted by Gasteiger charge is -2.42. The van der Waals surface area contributed by atoms with Crippen molar-refractivity contribution >= 4 is 149 Å². The third kappa shape index (κ3) is 3.78. The predicted molar refractivity (Wildman–Crippen MR) is 263 cm³/mol. The van der Waals surface area contributed by atoms with Crippen LogP contribution in [0.5, 0.6) is 0 Å². The van der Waals surface area contributed by atoms with Gasteiger partial charge in [0.1, 0.15) is 0 Å². The molecule has 0 bridgehead atoms. The third-order valence-corrected chi connectivity index (χ3v) is 15.4. The minimum Gasteiger partial charge on any atom is -0.303 e. The van der Waals surface area contributed by atoms with Crippen LogP contribution in [0, 0.1) is 0 Å². The third-order valence-electron chi connectivity index (χ3n) is 14.3. The summed E-state index contributed by atoms with van der Waals surface area (Å²) < 4.78 is 1.33. The van der Waals surface area contributed by atoms with Crippen LogP contribution >= 0.6 is 11.3 Å². The molecule has 4 heterocycles. The Labute approximate surface area is 350 Å². The van der Waals surface area contributed by atoms with Gasteiger partial charge in [0.15, 0.2) is 0 Å². The molecule has 0 saturated carbocycles. The lowest BCUT2D eigenvalue weighted by atomic mass is 9.31. The average Bonchev–Trinajstić information content (AvgIpc) is 3.87. The van der Waals surface area contributed by atoms with Crippen LogP contribution < -0.4 is 37.7 Å². The Hall–Kier alpha value is -7.13. The van der Waals surface area contributed by atoms with Gasteiger partial charge in [-0.15, -0.1) is 11.3 Å². The molecule has 0 spiro atoms. The van der Waals surface area contributed by atoms with Crippen molar-refractivity contribution < 1.29 is 0 Å². The van der Waals surface area contributed by atoms with E-state index in [0.717, 1.165) is 0 Å². The number of fused-ring (bicyclic) bond motifs is 23. The van der Waals surface area contributed by atoms with E-state index in [1.54, 1.807) is 0 Å². The fourth-order valence-electron chi connectivity index (χ4n) is 12.1. The summed E-state index contributed by atoms with van der Waals surface area (Å²) in [4.78, 5) is 2.75. The largest absolute Gasteiger partial charge is 0.303 e. The molecule has 3 aliphatic rings. The Bertz CT molecular complexity index is 3890. The quantitative estimate of drug-likeness (QED) is 0.119. The molecule has 0 unspecified atom stereocenters. The molecule has 0 fully saturated rings. The number of rotatable bonds is 1. The van der Waals surface area contributed by atoms with Gasteiger partial charge in [0.2, 0.25) is 13.4 Å². The number of thiophene rings is 1. The Kier molecular flexibility index (Phi) is 6.00. The van der Waals surface area contributed by atoms with Crippen molar-refractivity contribution in [1.82, 2.24) is 0 Å². The number of anilines is 3. The van der Waals surface area contributed by atoms with Crippen molar-refractivity contribution in [2.75, 3.05) is 4.90 Å². The summed E-state index contributed by atoms with van der Waals surface area (Å²) in [6, 6.07) is 71.5. The topological polar surface area (TPSA) is 3.24 Å². The number of benzene rings is 11. The van der Waals surface area contributed by atoms with Crippen molar-refractivity contribution in [3.63, 3.8) is 0 Å². The van der Waals surface area contributed by atoms with Gasteiger partial charge < -0.3 is 4.90 Å². The van der Waals surface area contributed by atoms with Gasteiger partial charge in [-0.1, -0.05) is 187 Å². The standard InChI is InChI=1S/C56H31B2NS/c1-2-15-32(16-3-1)57-46-26-14-27-47-54(46)59(56-53(57)43-25-12-13-28-48(43)60-56)55-50-40-24-11-9-20-36(40)34-18-5-7-22-38(34)44(50)31-45-42-30-29-41-37-21-6-4-17-33(37)35-19-8-10-23-39(35)49(41)51(42)58(47)52(45)55/h1-31H. The maximum atomic E-state index is 2.75. The van der Waals surface area contributed by atoms with E-state index in [4.69, 9.17) is 0 Å². The molecule has 272 valence electrons. The van der Waals surface area contributed by atoms with Gasteiger partial charge in [-0.3, -0.25) is 0 Å². The van der Waals surface area contributed by atoms with Gasteiger partial charge in [-0.05, 0) is 110 Å². The molecule has 0 atom stereocenters. The second-order valence-corrected chi connectivity index (χ2v) is 18.0. The van der Waals surface area contributed by atoms with Gasteiger partial charge in [0, 0.05) is 15.8 Å². The fraction of sp³-hybridized carbons (Fsp3) is 0. The number of hydrogen-bond acceptors (Lipinski definition) is 2. The highest BCUT2D eigenvalue weighted by molar-refractivity contribution is 7.26. The molecule has 3 aliphatic heterocycles. The van der Waals surface area contributed by atoms with E-state index in [1.165, 1.54) is 135 Å². The summed E-state index contributed by atoms with van der Waals surface area (Å²) in [7, 11) is 0. The summed E-state index contributed by atoms with van der Waals surface area (Å²) in [5.74, 6) is 0. The SMILES string of the molecule is c1ccc(B2c3cccc4c3N(c3sc5ccccc5c32)c2c3c(cc5c6ccccc6c6ccccc6c25)-c2ccc5c6ccccc6c6ccccc6c5c2B43)cc1. The van der Waals surface area contributed by atoms with E-state index in [9.17, 15) is 0 Å². The van der Waals surface area contributed by atoms with E-state index in [2.05, 4.69) is 193 Å². The Morgan fingerprint density at radius 3 is 1.52 bits per heavy atom. The molecule has 15 rings (SSSR count). The summed E-state index contributed by atoms with van der Waals surface area (Å²) in [5.41, 5.74) is 13.8. The number of para-hydroxylation sites is 1. The predicted octanol–water partition coefficient (Wildman–Crippen LogP) is 10.9. The molecule has 0 radical (unpaired) electrons. The minimum atomic E-state index is 0.0476. The van der Waals surface area contributed by atoms with Crippen LogP contribution in [0.1, 0.15) is 0 Å². The lowest BCUT2D eigenvalue weighted by molar-refractivity contribution is 1.36. The Balaban J connectivity index is 1.20. The molecule has 0 saturated heterocycles. The molecular formula is C56H31B2NS. The average molecular weight is 772 g/mol. The first kappa shape index (κ1) is 31.8. The van der Waals surface area contributed by atoms with E-state index in [0.29, 0.717) is 0 Å². The van der Waals surface area contributed by atoms with Crippen LogP contribution in [-0.2, 0) is 0 Å². The van der Waals surface area contributed by atoms with Crippen LogP contribution in [-0.4, -0.2) is 13.4 Å². The van der Waals surface area contributed by atoms with E-state index in [-0.39, 0.29) is 13.4 Å². The molecule has 0 aliphatic carbocycles.